The summed E-state index contributed by atoms with van der Waals surface area (Å²) in [6.07, 6.45) is 0.352. The monoisotopic (exact) mass is 233 g/mol. The molecule has 0 radical (unpaired) electrons. The molecule has 0 heterocycles. The van der Waals surface area contributed by atoms with Gasteiger partial charge in [-0.2, -0.15) is 0 Å². The predicted octanol–water partition coefficient (Wildman–Crippen LogP) is 3.18. The SMILES string of the molecule is CC(O)CCNc1c(Cl)cccc1Cl. The van der Waals surface area contributed by atoms with Crippen molar-refractivity contribution in [3.8, 4) is 0 Å². The highest BCUT2D eigenvalue weighted by atomic mass is 35.5. The van der Waals surface area contributed by atoms with Crippen molar-refractivity contribution in [3.63, 3.8) is 0 Å². The van der Waals surface area contributed by atoms with Crippen LogP contribution in [0.1, 0.15) is 13.3 Å². The van der Waals surface area contributed by atoms with E-state index in [9.17, 15) is 0 Å². The normalized spacial score (nSPS) is 12.6. The molecule has 0 aliphatic carbocycles. The number of aliphatic hydroxyl groups excluding tert-OH is 1. The molecule has 1 rings (SSSR count). The van der Waals surface area contributed by atoms with Gasteiger partial charge in [0.1, 0.15) is 0 Å². The lowest BCUT2D eigenvalue weighted by Crippen LogP contribution is -2.10. The van der Waals surface area contributed by atoms with Crippen LogP contribution < -0.4 is 5.32 Å². The third kappa shape index (κ3) is 3.37. The van der Waals surface area contributed by atoms with Gasteiger partial charge in [0.15, 0.2) is 0 Å². The molecule has 0 aliphatic heterocycles. The molecule has 1 unspecified atom stereocenters. The Kier molecular flexibility index (Phi) is 4.52. The van der Waals surface area contributed by atoms with E-state index in [1.165, 1.54) is 0 Å². The third-order valence-corrected chi connectivity index (χ3v) is 2.46. The third-order valence-electron chi connectivity index (χ3n) is 1.83. The van der Waals surface area contributed by atoms with Crippen LogP contribution >= 0.6 is 23.2 Å². The van der Waals surface area contributed by atoms with Crippen LogP contribution in [-0.4, -0.2) is 17.8 Å². The average Bonchev–Trinajstić information content (AvgIpc) is 2.09. The van der Waals surface area contributed by atoms with Crippen molar-refractivity contribution in [2.45, 2.75) is 19.4 Å². The van der Waals surface area contributed by atoms with Crippen molar-refractivity contribution >= 4 is 28.9 Å². The fraction of sp³-hybridized carbons (Fsp3) is 0.400. The van der Waals surface area contributed by atoms with Crippen LogP contribution in [0.4, 0.5) is 5.69 Å². The Morgan fingerprint density at radius 3 is 2.43 bits per heavy atom. The summed E-state index contributed by atoms with van der Waals surface area (Å²) in [7, 11) is 0. The molecule has 0 saturated carbocycles. The maximum absolute atomic E-state index is 9.06. The Morgan fingerprint density at radius 2 is 1.93 bits per heavy atom. The lowest BCUT2D eigenvalue weighted by Gasteiger charge is -2.10. The lowest BCUT2D eigenvalue weighted by atomic mass is 10.2. The Bertz CT molecular complexity index is 282. The van der Waals surface area contributed by atoms with E-state index >= 15 is 0 Å². The quantitative estimate of drug-likeness (QED) is 0.838. The summed E-state index contributed by atoms with van der Waals surface area (Å²) >= 11 is 11.9. The van der Waals surface area contributed by atoms with Gasteiger partial charge in [0, 0.05) is 6.54 Å². The summed E-state index contributed by atoms with van der Waals surface area (Å²) in [5.41, 5.74) is 0.733. The minimum absolute atomic E-state index is 0.316. The largest absolute Gasteiger partial charge is 0.393 e. The minimum atomic E-state index is -0.316. The summed E-state index contributed by atoms with van der Waals surface area (Å²) in [5, 5.41) is 13.4. The molecule has 0 spiro atoms. The summed E-state index contributed by atoms with van der Waals surface area (Å²) in [5.74, 6) is 0. The number of hydrogen-bond acceptors (Lipinski definition) is 2. The van der Waals surface area contributed by atoms with Gasteiger partial charge in [0.2, 0.25) is 0 Å². The van der Waals surface area contributed by atoms with E-state index in [0.717, 1.165) is 5.69 Å². The highest BCUT2D eigenvalue weighted by Gasteiger charge is 2.04. The topological polar surface area (TPSA) is 32.3 Å². The molecule has 1 atom stereocenters. The Morgan fingerprint density at radius 1 is 1.36 bits per heavy atom. The molecule has 0 amide bonds. The summed E-state index contributed by atoms with van der Waals surface area (Å²) in [6.45, 7) is 2.40. The molecule has 0 aromatic heterocycles. The van der Waals surface area contributed by atoms with E-state index in [4.69, 9.17) is 28.3 Å². The number of aliphatic hydroxyl groups is 1. The fourth-order valence-corrected chi connectivity index (χ4v) is 1.60. The van der Waals surface area contributed by atoms with Crippen LogP contribution in [-0.2, 0) is 0 Å². The molecule has 0 fully saturated rings. The zero-order valence-corrected chi connectivity index (χ0v) is 9.44. The highest BCUT2D eigenvalue weighted by molar-refractivity contribution is 6.39. The molecule has 0 aliphatic rings. The van der Waals surface area contributed by atoms with Crippen LogP contribution in [0.25, 0.3) is 0 Å². The van der Waals surface area contributed by atoms with Crippen LogP contribution in [0, 0.1) is 0 Å². The predicted molar refractivity (Wildman–Crippen MR) is 61.2 cm³/mol. The van der Waals surface area contributed by atoms with Crippen molar-refractivity contribution in [1.82, 2.24) is 0 Å². The van der Waals surface area contributed by atoms with Gasteiger partial charge >= 0.3 is 0 Å². The number of para-hydroxylation sites is 1. The van der Waals surface area contributed by atoms with Gasteiger partial charge in [0.25, 0.3) is 0 Å². The van der Waals surface area contributed by atoms with E-state index in [-0.39, 0.29) is 6.10 Å². The van der Waals surface area contributed by atoms with Crippen LogP contribution in [0.5, 0.6) is 0 Å². The first-order valence-electron chi connectivity index (χ1n) is 4.47. The Hall–Kier alpha value is -0.440. The molecule has 2 N–H and O–H groups in total. The van der Waals surface area contributed by atoms with Gasteiger partial charge in [-0.1, -0.05) is 29.3 Å². The highest BCUT2D eigenvalue weighted by Crippen LogP contribution is 2.29. The zero-order chi connectivity index (χ0) is 10.6. The number of nitrogens with one attached hydrogen (secondary N) is 1. The van der Waals surface area contributed by atoms with Crippen LogP contribution in [0.2, 0.25) is 10.0 Å². The van der Waals surface area contributed by atoms with Gasteiger partial charge in [0.05, 0.1) is 21.8 Å². The molecular weight excluding hydrogens is 221 g/mol. The van der Waals surface area contributed by atoms with E-state index in [0.29, 0.717) is 23.0 Å². The fourth-order valence-electron chi connectivity index (χ4n) is 1.07. The summed E-state index contributed by atoms with van der Waals surface area (Å²) in [4.78, 5) is 0. The van der Waals surface area contributed by atoms with Crippen LogP contribution in [0.15, 0.2) is 18.2 Å². The molecule has 0 saturated heterocycles. The number of rotatable bonds is 4. The van der Waals surface area contributed by atoms with Gasteiger partial charge in [-0.3, -0.25) is 0 Å². The minimum Gasteiger partial charge on any atom is -0.393 e. The second-order valence-electron chi connectivity index (χ2n) is 3.16. The zero-order valence-electron chi connectivity index (χ0n) is 7.93. The molecular formula is C10H13Cl2NO. The first-order valence-corrected chi connectivity index (χ1v) is 5.23. The second-order valence-corrected chi connectivity index (χ2v) is 3.98. The average molecular weight is 234 g/mol. The van der Waals surface area contributed by atoms with E-state index in [2.05, 4.69) is 5.32 Å². The van der Waals surface area contributed by atoms with Gasteiger partial charge in [-0.05, 0) is 25.5 Å². The van der Waals surface area contributed by atoms with Crippen molar-refractivity contribution in [2.24, 2.45) is 0 Å². The molecule has 4 heteroatoms. The summed E-state index contributed by atoms with van der Waals surface area (Å²) < 4.78 is 0. The molecule has 14 heavy (non-hydrogen) atoms. The van der Waals surface area contributed by atoms with Gasteiger partial charge in [-0.25, -0.2) is 0 Å². The number of hydrogen-bond donors (Lipinski definition) is 2. The molecule has 0 bridgehead atoms. The van der Waals surface area contributed by atoms with Gasteiger partial charge < -0.3 is 10.4 Å². The first kappa shape index (κ1) is 11.6. The number of benzene rings is 1. The Balaban J connectivity index is 2.58. The van der Waals surface area contributed by atoms with Crippen molar-refractivity contribution in [2.75, 3.05) is 11.9 Å². The maximum Gasteiger partial charge on any atom is 0.0718 e. The van der Waals surface area contributed by atoms with Crippen molar-refractivity contribution in [3.05, 3.63) is 28.2 Å². The van der Waals surface area contributed by atoms with Crippen molar-refractivity contribution < 1.29 is 5.11 Å². The summed E-state index contributed by atoms with van der Waals surface area (Å²) in [6, 6.07) is 5.35. The number of halogens is 2. The molecule has 78 valence electrons. The first-order chi connectivity index (χ1) is 6.61. The van der Waals surface area contributed by atoms with Crippen LogP contribution in [0.3, 0.4) is 0 Å². The Labute approximate surface area is 93.8 Å². The van der Waals surface area contributed by atoms with E-state index in [1.807, 2.05) is 0 Å². The molecule has 1 aromatic carbocycles. The number of anilines is 1. The standard InChI is InChI=1S/C10H13Cl2NO/c1-7(14)5-6-13-10-8(11)3-2-4-9(10)12/h2-4,7,13-14H,5-6H2,1H3. The van der Waals surface area contributed by atoms with Gasteiger partial charge in [-0.15, -0.1) is 0 Å². The van der Waals surface area contributed by atoms with Crippen molar-refractivity contribution in [1.29, 1.82) is 0 Å². The molecule has 1 aromatic rings. The molecule has 2 nitrogen and oxygen atoms in total. The van der Waals surface area contributed by atoms with E-state index < -0.39 is 0 Å². The lowest BCUT2D eigenvalue weighted by molar-refractivity contribution is 0.189. The van der Waals surface area contributed by atoms with E-state index in [1.54, 1.807) is 25.1 Å². The second kappa shape index (κ2) is 5.44. The maximum atomic E-state index is 9.06. The smallest absolute Gasteiger partial charge is 0.0718 e.